The third-order valence-electron chi connectivity index (χ3n) is 13.8. The molecule has 3 N–H and O–H groups in total. The molecule has 1 saturated carbocycles. The van der Waals surface area contributed by atoms with Crippen LogP contribution in [0.3, 0.4) is 0 Å². The number of likely N-dealkylation sites (tertiary alicyclic amines) is 1. The molecule has 2 aromatic carbocycles. The molecule has 1 aromatic heterocycles. The molecular formula is C41H46F3N9O4. The second-order valence-corrected chi connectivity index (χ2v) is 17.2. The predicted molar refractivity (Wildman–Crippen MR) is 204 cm³/mol. The molecule has 3 amide bonds. The summed E-state index contributed by atoms with van der Waals surface area (Å²) in [5.74, 6) is -1.01. The summed E-state index contributed by atoms with van der Waals surface area (Å²) in [6.45, 7) is 9.66. The van der Waals surface area contributed by atoms with Crippen molar-refractivity contribution in [3.05, 3.63) is 59.2 Å². The number of phenols is 1. The summed E-state index contributed by atoms with van der Waals surface area (Å²) in [7, 11) is 0. The Bertz CT molecular complexity index is 2150. The molecule has 3 aromatic rings. The quantitative estimate of drug-likeness (QED) is 0.305. The number of anilines is 3. The number of nitrogens with one attached hydrogen (secondary N) is 2. The van der Waals surface area contributed by atoms with Gasteiger partial charge in [-0.3, -0.25) is 24.6 Å². The summed E-state index contributed by atoms with van der Waals surface area (Å²) >= 11 is 0. The number of benzene rings is 2. The predicted octanol–water partition coefficient (Wildman–Crippen LogP) is 3.24. The molecule has 7 aliphatic rings. The van der Waals surface area contributed by atoms with E-state index >= 15 is 4.39 Å². The van der Waals surface area contributed by atoms with E-state index in [0.717, 1.165) is 68.7 Å². The van der Waals surface area contributed by atoms with Crippen LogP contribution >= 0.6 is 0 Å². The van der Waals surface area contributed by atoms with E-state index in [1.807, 2.05) is 23.1 Å². The van der Waals surface area contributed by atoms with Crippen LogP contribution in [-0.4, -0.2) is 131 Å². The molecule has 0 spiro atoms. The summed E-state index contributed by atoms with van der Waals surface area (Å²) in [5, 5.41) is 24.5. The van der Waals surface area contributed by atoms with Crippen molar-refractivity contribution in [2.45, 2.75) is 57.0 Å². The summed E-state index contributed by atoms with van der Waals surface area (Å²) in [6, 6.07) is 8.94. The number of aromatic hydroxyl groups is 1. The van der Waals surface area contributed by atoms with Gasteiger partial charge in [0.2, 0.25) is 11.8 Å². The Kier molecular flexibility index (Phi) is 8.84. The van der Waals surface area contributed by atoms with E-state index in [1.165, 1.54) is 0 Å². The van der Waals surface area contributed by atoms with Gasteiger partial charge in [-0.05, 0) is 67.3 Å². The normalized spacial score (nSPS) is 31.1. The lowest BCUT2D eigenvalue weighted by atomic mass is 9.93. The van der Waals surface area contributed by atoms with Crippen LogP contribution in [0.5, 0.6) is 5.75 Å². The molecule has 0 radical (unpaired) electrons. The third kappa shape index (κ3) is 6.44. The molecule has 4 saturated heterocycles. The van der Waals surface area contributed by atoms with Gasteiger partial charge in [-0.1, -0.05) is 6.07 Å². The highest BCUT2D eigenvalue weighted by atomic mass is 19.1. The molecule has 16 heteroatoms. The lowest BCUT2D eigenvalue weighted by molar-refractivity contribution is -0.136. The van der Waals surface area contributed by atoms with E-state index in [1.54, 1.807) is 11.0 Å². The minimum absolute atomic E-state index is 0.0325. The lowest BCUT2D eigenvalue weighted by Crippen LogP contribution is -2.61. The number of aromatic nitrogens is 2. The van der Waals surface area contributed by atoms with Gasteiger partial charge in [0.25, 0.3) is 5.91 Å². The Hall–Kier alpha value is -4.96. The average Bonchev–Trinajstić information content (AvgIpc) is 3.46. The van der Waals surface area contributed by atoms with Crippen molar-refractivity contribution < 1.29 is 32.7 Å². The van der Waals surface area contributed by atoms with Crippen LogP contribution in [0.1, 0.15) is 42.1 Å². The number of carbonyl (C=O) groups is 3. The van der Waals surface area contributed by atoms with Crippen molar-refractivity contribution in [2.24, 2.45) is 23.7 Å². The summed E-state index contributed by atoms with van der Waals surface area (Å²) < 4.78 is 44.0. The van der Waals surface area contributed by atoms with Gasteiger partial charge < -0.3 is 30.0 Å². The van der Waals surface area contributed by atoms with E-state index in [4.69, 9.17) is 0 Å². The summed E-state index contributed by atoms with van der Waals surface area (Å²) in [6.07, 6.45) is 0.279. The number of hydrogen-bond acceptors (Lipinski definition) is 11. The largest absolute Gasteiger partial charge is 0.504 e. The van der Waals surface area contributed by atoms with Gasteiger partial charge >= 0.3 is 0 Å². The minimum atomic E-state index is -1.04. The molecule has 0 bridgehead atoms. The van der Waals surface area contributed by atoms with Crippen molar-refractivity contribution in [3.63, 3.8) is 0 Å². The van der Waals surface area contributed by atoms with Gasteiger partial charge in [0.05, 0.1) is 17.4 Å². The Morgan fingerprint density at radius 1 is 0.912 bits per heavy atom. The monoisotopic (exact) mass is 785 g/mol. The van der Waals surface area contributed by atoms with E-state index in [-0.39, 0.29) is 54.0 Å². The highest BCUT2D eigenvalue weighted by molar-refractivity contribution is 6.05. The smallest absolute Gasteiger partial charge is 0.255 e. The second kappa shape index (κ2) is 13.9. The Labute approximate surface area is 328 Å². The molecule has 6 aliphatic heterocycles. The molecule has 1 unspecified atom stereocenters. The maximum absolute atomic E-state index is 15.8. The van der Waals surface area contributed by atoms with Gasteiger partial charge in [0.1, 0.15) is 18.0 Å². The van der Waals surface area contributed by atoms with Crippen molar-refractivity contribution in [2.75, 3.05) is 74.0 Å². The zero-order chi connectivity index (χ0) is 39.3. The van der Waals surface area contributed by atoms with Crippen LogP contribution < -0.4 is 20.4 Å². The lowest BCUT2D eigenvalue weighted by Gasteiger charge is -2.49. The maximum atomic E-state index is 15.8. The first kappa shape index (κ1) is 36.4. The zero-order valence-electron chi connectivity index (χ0n) is 31.7. The standard InChI is InChI=1S/C41H46F3N9O4/c1-21-13-52-26(12-45-39-36(52)11-34(47-48-39)28-8-24(42)9-32(43)38(28)55)16-51(21)19-31-29-17-49(18-30(29)31)14-23-6-7-50(20-33(23)44)25-3-2-22-15-53(41(57)27(22)10-25)35-4-5-37(54)46-40(35)56/h2-3,8-11,21,23,26,29-31,33,35,55H,4-7,12-20H2,1H3,(H,45,48)(H,46,54,56)/t21-,23+,26-,29-,30+,31+,33-,35?/m0/s1. The second-order valence-electron chi connectivity index (χ2n) is 17.2. The molecule has 10 rings (SSSR count). The minimum Gasteiger partial charge on any atom is -0.504 e. The van der Waals surface area contributed by atoms with Crippen LogP contribution in [0.4, 0.5) is 30.4 Å². The van der Waals surface area contributed by atoms with Crippen LogP contribution in [0.15, 0.2) is 36.4 Å². The zero-order valence-corrected chi connectivity index (χ0v) is 31.7. The van der Waals surface area contributed by atoms with Crippen LogP contribution in [0, 0.1) is 35.3 Å². The topological polar surface area (TPSA) is 137 Å². The van der Waals surface area contributed by atoms with Crippen molar-refractivity contribution in [1.82, 2.24) is 30.2 Å². The van der Waals surface area contributed by atoms with Crippen LogP contribution in [0.2, 0.25) is 0 Å². The van der Waals surface area contributed by atoms with E-state index < -0.39 is 35.5 Å². The number of hydrogen-bond donors (Lipinski definition) is 3. The summed E-state index contributed by atoms with van der Waals surface area (Å²) in [4.78, 5) is 48.3. The number of piperidine rings is 3. The Balaban J connectivity index is 0.709. The van der Waals surface area contributed by atoms with Gasteiger partial charge in [-0.25, -0.2) is 13.2 Å². The Morgan fingerprint density at radius 3 is 2.53 bits per heavy atom. The number of alkyl halides is 1. The van der Waals surface area contributed by atoms with Crippen molar-refractivity contribution in [3.8, 4) is 17.0 Å². The maximum Gasteiger partial charge on any atom is 0.255 e. The van der Waals surface area contributed by atoms with Gasteiger partial charge in [-0.15, -0.1) is 10.2 Å². The first-order valence-corrected chi connectivity index (χ1v) is 20.2. The van der Waals surface area contributed by atoms with Crippen LogP contribution in [-0.2, 0) is 16.1 Å². The number of halogens is 3. The SMILES string of the molecule is C[C@H]1CN2c3cc(-c4cc(F)cc(F)c4O)nnc3NC[C@H]2CN1C[C@H]1[C@@H]2CN(C[C@H]3CCN(c4ccc5c(c4)C(=O)N(C4CCC(=O)NC4=O)C5)C[C@@H]3F)C[C@@H]21. The number of fused-ring (bicyclic) bond motifs is 5. The van der Waals surface area contributed by atoms with Crippen LogP contribution in [0.25, 0.3) is 11.3 Å². The molecular weight excluding hydrogens is 740 g/mol. The molecule has 8 atom stereocenters. The van der Waals surface area contributed by atoms with Gasteiger partial charge in [-0.2, -0.15) is 0 Å². The van der Waals surface area contributed by atoms with Crippen molar-refractivity contribution in [1.29, 1.82) is 0 Å². The first-order chi connectivity index (χ1) is 27.5. The average molecular weight is 786 g/mol. The van der Waals surface area contributed by atoms with E-state index in [2.05, 4.69) is 42.5 Å². The van der Waals surface area contributed by atoms with E-state index in [0.29, 0.717) is 61.3 Å². The fourth-order valence-corrected chi connectivity index (χ4v) is 10.5. The van der Waals surface area contributed by atoms with E-state index in [9.17, 15) is 28.3 Å². The fourth-order valence-electron chi connectivity index (χ4n) is 10.5. The first-order valence-electron chi connectivity index (χ1n) is 20.2. The number of carbonyl (C=O) groups excluding carboxylic acids is 3. The molecule has 300 valence electrons. The van der Waals surface area contributed by atoms with Gasteiger partial charge in [0.15, 0.2) is 17.4 Å². The highest BCUT2D eigenvalue weighted by Gasteiger charge is 2.56. The molecule has 13 nitrogen and oxygen atoms in total. The highest BCUT2D eigenvalue weighted by Crippen LogP contribution is 2.53. The van der Waals surface area contributed by atoms with Crippen molar-refractivity contribution >= 4 is 34.9 Å². The Morgan fingerprint density at radius 2 is 1.74 bits per heavy atom. The number of imide groups is 1. The molecule has 1 aliphatic carbocycles. The number of phenolic OH excluding ortho intramolecular Hbond substituents is 1. The number of piperazine rings is 1. The number of nitrogens with zero attached hydrogens (tertiary/aromatic N) is 7. The number of amides is 3. The molecule has 57 heavy (non-hydrogen) atoms. The summed E-state index contributed by atoms with van der Waals surface area (Å²) in [5.41, 5.74) is 3.19. The van der Waals surface area contributed by atoms with Gasteiger partial charge in [0, 0.05) is 107 Å². The molecule has 5 fully saturated rings. The third-order valence-corrected chi connectivity index (χ3v) is 13.8. The number of rotatable bonds is 7. The fraction of sp³-hybridized carbons (Fsp3) is 0.537. The molecule has 7 heterocycles.